The lowest BCUT2D eigenvalue weighted by atomic mass is 10.2. The lowest BCUT2D eigenvalue weighted by Gasteiger charge is -2.15. The Morgan fingerprint density at radius 2 is 1.80 bits per heavy atom. The molecule has 0 saturated carbocycles. The minimum atomic E-state index is -0.197. The summed E-state index contributed by atoms with van der Waals surface area (Å²) in [6.45, 7) is 1.93. The Hall–Kier alpha value is -3.09. The molecule has 3 aromatic carbocycles. The van der Waals surface area contributed by atoms with Crippen molar-refractivity contribution in [1.29, 1.82) is 0 Å². The molecule has 0 aliphatic rings. The van der Waals surface area contributed by atoms with Gasteiger partial charge in [0.2, 0.25) is 5.91 Å². The Balaban J connectivity index is 1.73. The molecule has 0 radical (unpaired) electrons. The van der Waals surface area contributed by atoms with Crippen LogP contribution >= 0.6 is 23.4 Å². The van der Waals surface area contributed by atoms with Crippen LogP contribution in [0.2, 0.25) is 5.02 Å². The molecule has 1 aromatic heterocycles. The van der Waals surface area contributed by atoms with Gasteiger partial charge in [0, 0.05) is 10.7 Å². The molecular formula is C23H18ClN3O2S. The van der Waals surface area contributed by atoms with Crippen LogP contribution in [0.25, 0.3) is 16.6 Å². The topological polar surface area (TPSA) is 64.0 Å². The zero-order valence-corrected chi connectivity index (χ0v) is 17.7. The van der Waals surface area contributed by atoms with Gasteiger partial charge in [-0.2, -0.15) is 0 Å². The monoisotopic (exact) mass is 435 g/mol. The average molecular weight is 436 g/mol. The predicted octanol–water partition coefficient (Wildman–Crippen LogP) is 5.08. The van der Waals surface area contributed by atoms with Gasteiger partial charge in [-0.05, 0) is 48.9 Å². The fourth-order valence-corrected chi connectivity index (χ4v) is 4.08. The van der Waals surface area contributed by atoms with Crippen LogP contribution in [0.1, 0.15) is 5.56 Å². The van der Waals surface area contributed by atoms with Gasteiger partial charge in [-0.3, -0.25) is 14.2 Å². The Labute approximate surface area is 182 Å². The zero-order valence-electron chi connectivity index (χ0n) is 16.1. The lowest BCUT2D eigenvalue weighted by molar-refractivity contribution is -0.113. The Morgan fingerprint density at radius 1 is 1.07 bits per heavy atom. The van der Waals surface area contributed by atoms with Crippen LogP contribution in [0.5, 0.6) is 0 Å². The highest BCUT2D eigenvalue weighted by Gasteiger charge is 2.16. The Kier molecular flexibility index (Phi) is 5.88. The molecule has 0 saturated heterocycles. The molecule has 0 aliphatic carbocycles. The third-order valence-electron chi connectivity index (χ3n) is 4.55. The third kappa shape index (κ3) is 4.25. The maximum atomic E-state index is 13.3. The second kappa shape index (κ2) is 8.73. The van der Waals surface area contributed by atoms with Gasteiger partial charge < -0.3 is 5.32 Å². The van der Waals surface area contributed by atoms with E-state index in [0.717, 1.165) is 16.9 Å². The van der Waals surface area contributed by atoms with E-state index in [1.165, 1.54) is 11.8 Å². The smallest absolute Gasteiger partial charge is 0.266 e. The second-order valence-electron chi connectivity index (χ2n) is 6.69. The van der Waals surface area contributed by atoms with Gasteiger partial charge in [0.1, 0.15) is 0 Å². The Morgan fingerprint density at radius 3 is 2.57 bits per heavy atom. The molecule has 7 heteroatoms. The summed E-state index contributed by atoms with van der Waals surface area (Å²) in [4.78, 5) is 30.4. The normalized spacial score (nSPS) is 10.9. The molecule has 0 unspecified atom stereocenters. The highest BCUT2D eigenvalue weighted by atomic mass is 35.5. The van der Waals surface area contributed by atoms with Crippen molar-refractivity contribution >= 4 is 45.9 Å². The van der Waals surface area contributed by atoms with E-state index in [2.05, 4.69) is 10.3 Å². The van der Waals surface area contributed by atoms with Gasteiger partial charge >= 0.3 is 0 Å². The molecule has 1 heterocycles. The summed E-state index contributed by atoms with van der Waals surface area (Å²) in [5, 5.41) is 4.26. The number of halogens is 1. The number of nitrogens with zero attached hydrogens (tertiary/aromatic N) is 2. The lowest BCUT2D eigenvalue weighted by Crippen LogP contribution is -2.23. The first-order valence-corrected chi connectivity index (χ1v) is 10.7. The van der Waals surface area contributed by atoms with Crippen molar-refractivity contribution in [2.45, 2.75) is 12.1 Å². The first-order chi connectivity index (χ1) is 14.5. The number of carbonyl (C=O) groups is 1. The molecule has 0 atom stereocenters. The number of nitrogens with one attached hydrogen (secondary N) is 1. The van der Waals surface area contributed by atoms with Gasteiger partial charge in [0.15, 0.2) is 5.16 Å². The molecule has 1 N–H and O–H groups in total. The highest BCUT2D eigenvalue weighted by Crippen LogP contribution is 2.24. The molecule has 0 aliphatic heterocycles. The predicted molar refractivity (Wildman–Crippen MR) is 123 cm³/mol. The van der Waals surface area contributed by atoms with Crippen molar-refractivity contribution in [2.24, 2.45) is 0 Å². The van der Waals surface area contributed by atoms with E-state index in [4.69, 9.17) is 11.6 Å². The first kappa shape index (κ1) is 20.2. The molecule has 5 nitrogen and oxygen atoms in total. The number of aryl methyl sites for hydroxylation is 1. The molecule has 1 amide bonds. The van der Waals surface area contributed by atoms with Gasteiger partial charge in [0.25, 0.3) is 5.56 Å². The number of hydrogen-bond donors (Lipinski definition) is 1. The number of benzene rings is 3. The number of aromatic nitrogens is 2. The molecule has 30 heavy (non-hydrogen) atoms. The molecule has 0 fully saturated rings. The maximum Gasteiger partial charge on any atom is 0.266 e. The Bertz CT molecular complexity index is 1290. The van der Waals surface area contributed by atoms with Crippen molar-refractivity contribution in [2.75, 3.05) is 11.1 Å². The summed E-state index contributed by atoms with van der Waals surface area (Å²) >= 11 is 7.31. The van der Waals surface area contributed by atoms with Crippen molar-refractivity contribution in [3.05, 3.63) is 93.7 Å². The van der Waals surface area contributed by atoms with Gasteiger partial charge in [0.05, 0.1) is 22.3 Å². The first-order valence-electron chi connectivity index (χ1n) is 9.29. The quantitative estimate of drug-likeness (QED) is 0.351. The number of amides is 1. The van der Waals surface area contributed by atoms with E-state index in [1.807, 2.05) is 61.5 Å². The van der Waals surface area contributed by atoms with Crippen LogP contribution in [-0.2, 0) is 4.79 Å². The second-order valence-corrected chi connectivity index (χ2v) is 8.06. The summed E-state index contributed by atoms with van der Waals surface area (Å²) in [5.41, 5.74) is 2.70. The largest absolute Gasteiger partial charge is 0.325 e. The molecule has 150 valence electrons. The van der Waals surface area contributed by atoms with Gasteiger partial charge in [-0.15, -0.1) is 0 Å². The maximum absolute atomic E-state index is 13.3. The van der Waals surface area contributed by atoms with Crippen LogP contribution in [-0.4, -0.2) is 21.2 Å². The van der Waals surface area contributed by atoms with Crippen LogP contribution in [0.3, 0.4) is 0 Å². The summed E-state index contributed by atoms with van der Waals surface area (Å²) < 4.78 is 1.56. The van der Waals surface area contributed by atoms with Crippen LogP contribution in [0, 0.1) is 6.92 Å². The summed E-state index contributed by atoms with van der Waals surface area (Å²) in [6, 6.07) is 21.8. The zero-order chi connectivity index (χ0) is 21.1. The minimum Gasteiger partial charge on any atom is -0.325 e. The SMILES string of the molecule is Cc1ccccc1-n1c(SCC(=O)Nc2ccccc2)nc2cc(Cl)ccc2c1=O. The van der Waals surface area contributed by atoms with Crippen molar-refractivity contribution in [3.63, 3.8) is 0 Å². The van der Waals surface area contributed by atoms with Crippen molar-refractivity contribution in [1.82, 2.24) is 9.55 Å². The van der Waals surface area contributed by atoms with Crippen molar-refractivity contribution in [3.8, 4) is 5.69 Å². The third-order valence-corrected chi connectivity index (χ3v) is 5.72. The van der Waals surface area contributed by atoms with E-state index in [1.54, 1.807) is 22.8 Å². The fraction of sp³-hybridized carbons (Fsp3) is 0.0870. The molecule has 4 rings (SSSR count). The standard InChI is InChI=1S/C23H18ClN3O2S/c1-15-7-5-6-10-20(15)27-22(29)18-12-11-16(24)13-19(18)26-23(27)30-14-21(28)25-17-8-3-2-4-9-17/h2-13H,14H2,1H3,(H,25,28). The van der Waals surface area contributed by atoms with E-state index >= 15 is 0 Å². The van der Waals surface area contributed by atoms with Gasteiger partial charge in [-0.1, -0.05) is 59.8 Å². The molecule has 0 bridgehead atoms. The van der Waals surface area contributed by atoms with E-state index in [0.29, 0.717) is 21.1 Å². The summed E-state index contributed by atoms with van der Waals surface area (Å²) in [6.07, 6.45) is 0. The molecule has 0 spiro atoms. The number of carbonyl (C=O) groups excluding carboxylic acids is 1. The summed E-state index contributed by atoms with van der Waals surface area (Å²) in [7, 11) is 0. The van der Waals surface area contributed by atoms with E-state index in [9.17, 15) is 9.59 Å². The molecule has 4 aromatic rings. The van der Waals surface area contributed by atoms with E-state index < -0.39 is 0 Å². The van der Waals surface area contributed by atoms with E-state index in [-0.39, 0.29) is 17.2 Å². The average Bonchev–Trinajstić information content (AvgIpc) is 2.74. The number of rotatable bonds is 5. The number of hydrogen-bond acceptors (Lipinski definition) is 4. The number of para-hydroxylation sites is 2. The molecular weight excluding hydrogens is 418 g/mol. The number of fused-ring (bicyclic) bond motifs is 1. The van der Waals surface area contributed by atoms with Gasteiger partial charge in [-0.25, -0.2) is 4.98 Å². The summed E-state index contributed by atoms with van der Waals surface area (Å²) in [5.74, 6) is -0.0674. The van der Waals surface area contributed by atoms with Crippen LogP contribution in [0.4, 0.5) is 5.69 Å². The van der Waals surface area contributed by atoms with Crippen LogP contribution < -0.4 is 10.9 Å². The minimum absolute atomic E-state index is 0.110. The fourth-order valence-electron chi connectivity index (χ4n) is 3.11. The van der Waals surface area contributed by atoms with Crippen LogP contribution in [0.15, 0.2) is 82.7 Å². The number of thioether (sulfide) groups is 1. The van der Waals surface area contributed by atoms with Crippen molar-refractivity contribution < 1.29 is 4.79 Å². The number of anilines is 1. The highest BCUT2D eigenvalue weighted by molar-refractivity contribution is 7.99.